The lowest BCUT2D eigenvalue weighted by atomic mass is 10.2. The third-order valence-corrected chi connectivity index (χ3v) is 5.13. The molecule has 3 aromatic rings. The predicted molar refractivity (Wildman–Crippen MR) is 102 cm³/mol. The first kappa shape index (κ1) is 19.0. The van der Waals surface area contributed by atoms with Gasteiger partial charge >= 0.3 is 5.97 Å². The Morgan fingerprint density at radius 1 is 1.15 bits per heavy atom. The van der Waals surface area contributed by atoms with E-state index in [-0.39, 0.29) is 18.1 Å². The summed E-state index contributed by atoms with van der Waals surface area (Å²) in [5, 5.41) is 0. The Labute approximate surface area is 159 Å². The number of fused-ring (bicyclic) bond motifs is 1. The fourth-order valence-electron chi connectivity index (χ4n) is 2.85. The van der Waals surface area contributed by atoms with E-state index < -0.39 is 17.8 Å². The molecular formula is C20H19FN2O3S. The zero-order chi connectivity index (χ0) is 19.4. The molecule has 1 aromatic heterocycles. The molecule has 1 amide bonds. The van der Waals surface area contributed by atoms with Gasteiger partial charge in [0.2, 0.25) is 0 Å². The van der Waals surface area contributed by atoms with Crippen molar-refractivity contribution in [3.8, 4) is 0 Å². The van der Waals surface area contributed by atoms with Crippen molar-refractivity contribution in [2.45, 2.75) is 26.3 Å². The van der Waals surface area contributed by atoms with Gasteiger partial charge in [0.15, 0.2) is 4.80 Å². The zero-order valence-corrected chi connectivity index (χ0v) is 15.8. The number of amides is 1. The molecule has 3 rings (SSSR count). The van der Waals surface area contributed by atoms with Crippen molar-refractivity contribution in [3.05, 3.63) is 64.7 Å². The minimum absolute atomic E-state index is 0.106. The Hall–Kier alpha value is -2.80. The lowest BCUT2D eigenvalue weighted by Crippen LogP contribution is -2.29. The van der Waals surface area contributed by atoms with Gasteiger partial charge in [0.1, 0.15) is 11.9 Å². The van der Waals surface area contributed by atoms with Crippen LogP contribution in [0.3, 0.4) is 0 Å². The van der Waals surface area contributed by atoms with Crippen LogP contribution in [0.5, 0.6) is 0 Å². The van der Waals surface area contributed by atoms with Crippen molar-refractivity contribution in [3.63, 3.8) is 0 Å². The molecule has 0 N–H and O–H groups in total. The van der Waals surface area contributed by atoms with E-state index in [0.29, 0.717) is 11.2 Å². The summed E-state index contributed by atoms with van der Waals surface area (Å²) in [6.07, 6.45) is 0.473. The number of rotatable bonds is 5. The number of carbonyl (C=O) groups excluding carboxylic acids is 2. The van der Waals surface area contributed by atoms with Gasteiger partial charge in [0.05, 0.1) is 22.4 Å². The first-order chi connectivity index (χ1) is 13.1. The van der Waals surface area contributed by atoms with E-state index in [1.54, 1.807) is 17.6 Å². The molecule has 0 fully saturated rings. The topological polar surface area (TPSA) is 60.7 Å². The number of benzene rings is 2. The van der Waals surface area contributed by atoms with Crippen LogP contribution in [0, 0.1) is 5.82 Å². The van der Waals surface area contributed by atoms with Crippen molar-refractivity contribution in [2.24, 2.45) is 4.99 Å². The molecule has 0 aliphatic carbocycles. The summed E-state index contributed by atoms with van der Waals surface area (Å²) in [5.74, 6) is -1.70. The fourth-order valence-corrected chi connectivity index (χ4v) is 3.91. The second kappa shape index (κ2) is 8.26. The predicted octanol–water partition coefficient (Wildman–Crippen LogP) is 4.10. The molecule has 2 aromatic carbocycles. The highest BCUT2D eigenvalue weighted by Crippen LogP contribution is 2.23. The minimum Gasteiger partial charge on any atom is -0.464 e. The number of hydrogen-bond acceptors (Lipinski definition) is 4. The Balaban J connectivity index is 2.19. The molecule has 0 aliphatic rings. The van der Waals surface area contributed by atoms with Crippen LogP contribution >= 0.6 is 11.3 Å². The van der Waals surface area contributed by atoms with Crippen molar-refractivity contribution < 1.29 is 18.7 Å². The van der Waals surface area contributed by atoms with Crippen LogP contribution in [0.1, 0.15) is 36.7 Å². The van der Waals surface area contributed by atoms with E-state index in [9.17, 15) is 14.0 Å². The second-order valence-corrected chi connectivity index (χ2v) is 6.80. The third-order valence-electron chi connectivity index (χ3n) is 4.09. The number of carbonyl (C=O) groups is 2. The lowest BCUT2D eigenvalue weighted by Gasteiger charge is -2.16. The zero-order valence-electron chi connectivity index (χ0n) is 15.0. The summed E-state index contributed by atoms with van der Waals surface area (Å²) < 4.78 is 21.7. The maximum Gasteiger partial charge on any atom is 0.329 e. The normalized spacial score (nSPS) is 12.9. The molecule has 0 saturated heterocycles. The number of esters is 1. The van der Waals surface area contributed by atoms with E-state index in [1.165, 1.54) is 29.5 Å². The monoisotopic (exact) mass is 386 g/mol. The van der Waals surface area contributed by atoms with Crippen molar-refractivity contribution in [1.82, 2.24) is 4.57 Å². The minimum atomic E-state index is -0.688. The summed E-state index contributed by atoms with van der Waals surface area (Å²) in [6, 6.07) is 12.6. The Bertz CT molecular complexity index is 1050. The molecule has 1 atom stereocenters. The number of halogens is 1. The van der Waals surface area contributed by atoms with Crippen LogP contribution in [0.25, 0.3) is 10.2 Å². The van der Waals surface area contributed by atoms with Gasteiger partial charge < -0.3 is 9.30 Å². The van der Waals surface area contributed by atoms with Gasteiger partial charge in [0.25, 0.3) is 5.91 Å². The van der Waals surface area contributed by atoms with Gasteiger partial charge in [-0.05, 0) is 37.6 Å². The molecule has 27 heavy (non-hydrogen) atoms. The number of nitrogens with zero attached hydrogens (tertiary/aromatic N) is 2. The van der Waals surface area contributed by atoms with Crippen molar-refractivity contribution >= 4 is 33.4 Å². The molecule has 0 radical (unpaired) electrons. The molecule has 140 valence electrons. The summed E-state index contributed by atoms with van der Waals surface area (Å²) >= 11 is 1.28. The van der Waals surface area contributed by atoms with Crippen molar-refractivity contribution in [2.75, 3.05) is 6.61 Å². The summed E-state index contributed by atoms with van der Waals surface area (Å²) in [4.78, 5) is 29.5. The van der Waals surface area contributed by atoms with Crippen molar-refractivity contribution in [1.29, 1.82) is 0 Å². The van der Waals surface area contributed by atoms with Crippen LogP contribution in [0.4, 0.5) is 4.39 Å². The first-order valence-electron chi connectivity index (χ1n) is 8.67. The van der Waals surface area contributed by atoms with Gasteiger partial charge in [-0.1, -0.05) is 42.5 Å². The van der Waals surface area contributed by atoms with Crippen LogP contribution in [-0.2, 0) is 9.53 Å². The van der Waals surface area contributed by atoms with Gasteiger partial charge in [0, 0.05) is 0 Å². The number of ether oxygens (including phenoxy) is 1. The standard InChI is InChI=1S/C20H19FN2O3S/c1-3-15(19(25)26-4-2)23-16-11-7-8-12-17(16)27-20(23)22-18(24)13-9-5-6-10-14(13)21/h5-12,15H,3-4H2,1-2H3. The Morgan fingerprint density at radius 2 is 1.85 bits per heavy atom. The Kier molecular flexibility index (Phi) is 5.81. The molecule has 0 aliphatic heterocycles. The molecule has 0 saturated carbocycles. The highest BCUT2D eigenvalue weighted by atomic mass is 32.1. The highest BCUT2D eigenvalue weighted by molar-refractivity contribution is 7.16. The number of para-hydroxylation sites is 1. The molecular weight excluding hydrogens is 367 g/mol. The van der Waals surface area contributed by atoms with E-state index in [1.807, 2.05) is 31.2 Å². The third kappa shape index (κ3) is 3.83. The van der Waals surface area contributed by atoms with Crippen LogP contribution in [0.15, 0.2) is 53.5 Å². The lowest BCUT2D eigenvalue weighted by molar-refractivity contribution is -0.147. The maximum atomic E-state index is 13.9. The largest absolute Gasteiger partial charge is 0.464 e. The molecule has 7 heteroatoms. The molecule has 1 unspecified atom stereocenters. The molecule has 5 nitrogen and oxygen atoms in total. The van der Waals surface area contributed by atoms with Crippen LogP contribution in [-0.4, -0.2) is 23.1 Å². The van der Waals surface area contributed by atoms with Gasteiger partial charge in [-0.3, -0.25) is 4.79 Å². The summed E-state index contributed by atoms with van der Waals surface area (Å²) in [7, 11) is 0. The summed E-state index contributed by atoms with van der Waals surface area (Å²) in [5.41, 5.74) is 0.674. The van der Waals surface area contributed by atoms with E-state index in [2.05, 4.69) is 4.99 Å². The first-order valence-corrected chi connectivity index (χ1v) is 9.48. The molecule has 0 bridgehead atoms. The number of thiazole rings is 1. The number of hydrogen-bond donors (Lipinski definition) is 0. The molecule has 0 spiro atoms. The molecule has 1 heterocycles. The SMILES string of the molecule is CCOC(=O)C(CC)n1c(=NC(=O)c2ccccc2F)sc2ccccc21. The highest BCUT2D eigenvalue weighted by Gasteiger charge is 2.24. The Morgan fingerprint density at radius 3 is 2.56 bits per heavy atom. The average Bonchev–Trinajstić information content (AvgIpc) is 3.01. The number of aromatic nitrogens is 1. The quantitative estimate of drug-likeness (QED) is 0.621. The summed E-state index contributed by atoms with van der Waals surface area (Å²) in [6.45, 7) is 3.87. The van der Waals surface area contributed by atoms with E-state index >= 15 is 0 Å². The second-order valence-electron chi connectivity index (χ2n) is 5.80. The van der Waals surface area contributed by atoms with E-state index in [0.717, 1.165) is 10.2 Å². The van der Waals surface area contributed by atoms with Gasteiger partial charge in [-0.15, -0.1) is 0 Å². The van der Waals surface area contributed by atoms with Gasteiger partial charge in [-0.2, -0.15) is 4.99 Å². The van der Waals surface area contributed by atoms with E-state index in [4.69, 9.17) is 4.74 Å². The van der Waals surface area contributed by atoms with Crippen LogP contribution in [0.2, 0.25) is 0 Å². The maximum absolute atomic E-state index is 13.9. The van der Waals surface area contributed by atoms with Gasteiger partial charge in [-0.25, -0.2) is 9.18 Å². The fraction of sp³-hybridized carbons (Fsp3) is 0.250. The van der Waals surface area contributed by atoms with Crippen LogP contribution < -0.4 is 4.80 Å². The average molecular weight is 386 g/mol. The smallest absolute Gasteiger partial charge is 0.329 e.